The van der Waals surface area contributed by atoms with Gasteiger partial charge >= 0.3 is 5.97 Å². The summed E-state index contributed by atoms with van der Waals surface area (Å²) < 4.78 is 5.02. The van der Waals surface area contributed by atoms with Crippen molar-refractivity contribution in [3.8, 4) is 0 Å². The third-order valence-corrected chi connectivity index (χ3v) is 8.33. The van der Waals surface area contributed by atoms with E-state index in [0.717, 1.165) is 4.90 Å². The molecule has 6 atom stereocenters. The highest BCUT2D eigenvalue weighted by Gasteiger charge is 2.66. The van der Waals surface area contributed by atoms with Crippen LogP contribution in [-0.2, 0) is 19.1 Å². The molecule has 2 N–H and O–H groups in total. The number of nitrogens with one attached hydrogen (secondary N) is 2. The van der Waals surface area contributed by atoms with E-state index in [-0.39, 0.29) is 45.7 Å². The second-order valence-corrected chi connectivity index (χ2v) is 10.0. The second-order valence-electron chi connectivity index (χ2n) is 9.01. The number of alkyl halides is 2. The van der Waals surface area contributed by atoms with Gasteiger partial charge in [0.15, 0.2) is 6.61 Å². The number of hydrogen-bond donors (Lipinski definition) is 2. The first kappa shape index (κ1) is 24.3. The van der Waals surface area contributed by atoms with Crippen LogP contribution in [0.2, 0.25) is 0 Å². The van der Waals surface area contributed by atoms with Crippen molar-refractivity contribution < 1.29 is 28.7 Å². The van der Waals surface area contributed by atoms with Crippen LogP contribution in [0.4, 0.5) is 5.69 Å². The number of amides is 4. The number of rotatable bonds is 5. The normalized spacial score (nSPS) is 28.1. The highest BCUT2D eigenvalue weighted by molar-refractivity contribution is 6.32. The van der Waals surface area contributed by atoms with E-state index in [9.17, 15) is 24.0 Å². The quantitative estimate of drug-likeness (QED) is 0.265. The van der Waals surface area contributed by atoms with Crippen LogP contribution in [0, 0.1) is 23.7 Å². The van der Waals surface area contributed by atoms with Crippen LogP contribution in [-0.4, -0.2) is 47.0 Å². The molecular weight excluding hydrogens is 509 g/mol. The maximum Gasteiger partial charge on any atom is 0.338 e. The number of nitrogens with zero attached hydrogens (tertiary/aromatic N) is 1. The number of benzene rings is 2. The zero-order chi connectivity index (χ0) is 25.6. The molecule has 4 amide bonds. The standard InChI is InChI=1S/C25H21Cl2N3O6/c26-20-15-10-16(21(20)27)19-18(15)23(33)30(24(19)34)14-8-4-7-13(9-14)25(35)36-11-17(31)28-29-22(32)12-5-2-1-3-6-12/h1-9,15-16,18-21H,10-11H2,(H,28,31)(H,29,32)/t15-,16-,18-,19-,20-,21+/m1/s1. The Kier molecular flexibility index (Phi) is 6.44. The molecular formula is C25H21Cl2N3O6. The molecule has 36 heavy (non-hydrogen) atoms. The highest BCUT2D eigenvalue weighted by atomic mass is 35.5. The zero-order valence-corrected chi connectivity index (χ0v) is 20.2. The summed E-state index contributed by atoms with van der Waals surface area (Å²) >= 11 is 12.8. The number of ether oxygens (including phenoxy) is 1. The molecule has 0 unspecified atom stereocenters. The molecule has 2 aliphatic carbocycles. The van der Waals surface area contributed by atoms with Crippen LogP contribution in [0.5, 0.6) is 0 Å². The number of fused-ring (bicyclic) bond motifs is 5. The first-order valence-electron chi connectivity index (χ1n) is 11.4. The Labute approximate surface area is 216 Å². The predicted octanol–water partition coefficient (Wildman–Crippen LogP) is 2.27. The molecule has 186 valence electrons. The monoisotopic (exact) mass is 529 g/mol. The van der Waals surface area contributed by atoms with Gasteiger partial charge in [-0.25, -0.2) is 4.79 Å². The van der Waals surface area contributed by atoms with E-state index < -0.39 is 36.2 Å². The molecule has 2 aromatic carbocycles. The summed E-state index contributed by atoms with van der Waals surface area (Å²) in [7, 11) is 0. The van der Waals surface area contributed by atoms with Gasteiger partial charge in [-0.15, -0.1) is 23.2 Å². The maximum atomic E-state index is 13.2. The summed E-state index contributed by atoms with van der Waals surface area (Å²) in [6, 6.07) is 14.1. The molecule has 1 saturated heterocycles. The topological polar surface area (TPSA) is 122 Å². The Morgan fingerprint density at radius 2 is 1.47 bits per heavy atom. The van der Waals surface area contributed by atoms with Crippen molar-refractivity contribution in [2.45, 2.75) is 17.2 Å². The lowest BCUT2D eigenvalue weighted by molar-refractivity contribution is -0.125. The van der Waals surface area contributed by atoms with Crippen molar-refractivity contribution in [3.05, 3.63) is 65.7 Å². The fraction of sp³-hybridized carbons (Fsp3) is 0.320. The van der Waals surface area contributed by atoms with E-state index >= 15 is 0 Å². The molecule has 2 saturated carbocycles. The minimum Gasteiger partial charge on any atom is -0.452 e. The minimum absolute atomic E-state index is 0.0553. The van der Waals surface area contributed by atoms with Gasteiger partial charge in [0.05, 0.1) is 33.8 Å². The number of carbonyl (C=O) groups is 5. The average Bonchev–Trinajstić information content (AvgIpc) is 3.51. The van der Waals surface area contributed by atoms with Crippen LogP contribution >= 0.6 is 23.2 Å². The summed E-state index contributed by atoms with van der Waals surface area (Å²) in [6.07, 6.45) is 0.656. The minimum atomic E-state index is -0.831. The van der Waals surface area contributed by atoms with Gasteiger partial charge in [-0.2, -0.15) is 0 Å². The molecule has 5 rings (SSSR count). The summed E-state index contributed by atoms with van der Waals surface area (Å²) in [6.45, 7) is -0.651. The number of anilines is 1. The molecule has 0 radical (unpaired) electrons. The number of carbonyl (C=O) groups excluding carboxylic acids is 5. The number of halogens is 2. The van der Waals surface area contributed by atoms with Gasteiger partial charge in [-0.3, -0.25) is 34.9 Å². The number of esters is 1. The lowest BCUT2D eigenvalue weighted by Crippen LogP contribution is -2.43. The number of hydrazine groups is 1. The van der Waals surface area contributed by atoms with E-state index in [1.54, 1.807) is 36.4 Å². The van der Waals surface area contributed by atoms with Crippen molar-refractivity contribution in [3.63, 3.8) is 0 Å². The predicted molar refractivity (Wildman–Crippen MR) is 129 cm³/mol. The van der Waals surface area contributed by atoms with Crippen LogP contribution in [0.25, 0.3) is 0 Å². The van der Waals surface area contributed by atoms with E-state index in [4.69, 9.17) is 27.9 Å². The molecule has 1 aliphatic heterocycles. The Morgan fingerprint density at radius 3 is 2.11 bits per heavy atom. The average molecular weight is 530 g/mol. The Balaban J connectivity index is 1.20. The number of imide groups is 1. The van der Waals surface area contributed by atoms with Gasteiger partial charge in [-0.05, 0) is 48.6 Å². The van der Waals surface area contributed by atoms with E-state index in [0.29, 0.717) is 12.0 Å². The van der Waals surface area contributed by atoms with Gasteiger partial charge in [0.25, 0.3) is 11.8 Å². The Hall–Kier alpha value is -3.43. The SMILES string of the molecule is O=C(COC(=O)c1cccc(N2C(=O)[C@@H]3[C@H]4C[C@@H]([C@@H](Cl)[C@H]4Cl)[C@H]3C2=O)c1)NNC(=O)c1ccccc1. The van der Waals surface area contributed by atoms with Crippen LogP contribution in [0.1, 0.15) is 27.1 Å². The van der Waals surface area contributed by atoms with E-state index in [1.807, 2.05) is 0 Å². The lowest BCUT2D eigenvalue weighted by atomic mass is 9.80. The molecule has 1 heterocycles. The van der Waals surface area contributed by atoms with Crippen LogP contribution < -0.4 is 15.8 Å². The first-order chi connectivity index (χ1) is 17.3. The van der Waals surface area contributed by atoms with Crippen molar-refractivity contribution in [1.82, 2.24) is 10.9 Å². The third-order valence-electron chi connectivity index (χ3n) is 7.01. The summed E-state index contributed by atoms with van der Waals surface area (Å²) in [4.78, 5) is 63.9. The van der Waals surface area contributed by atoms with Crippen LogP contribution in [0.15, 0.2) is 54.6 Å². The summed E-state index contributed by atoms with van der Waals surface area (Å²) in [5.41, 5.74) is 5.03. The fourth-order valence-electron chi connectivity index (χ4n) is 5.41. The molecule has 9 nitrogen and oxygen atoms in total. The molecule has 11 heteroatoms. The van der Waals surface area contributed by atoms with Crippen molar-refractivity contribution >= 4 is 58.5 Å². The van der Waals surface area contributed by atoms with E-state index in [2.05, 4.69) is 10.9 Å². The maximum absolute atomic E-state index is 13.2. The summed E-state index contributed by atoms with van der Waals surface area (Å²) in [5.74, 6) is -4.11. The zero-order valence-electron chi connectivity index (χ0n) is 18.7. The van der Waals surface area contributed by atoms with Gasteiger partial charge in [0.2, 0.25) is 11.8 Å². The smallest absolute Gasteiger partial charge is 0.338 e. The van der Waals surface area contributed by atoms with E-state index in [1.165, 1.54) is 18.2 Å². The van der Waals surface area contributed by atoms with Gasteiger partial charge in [-0.1, -0.05) is 24.3 Å². The molecule has 3 fully saturated rings. The molecule has 3 aliphatic rings. The van der Waals surface area contributed by atoms with Gasteiger partial charge < -0.3 is 4.74 Å². The van der Waals surface area contributed by atoms with Crippen molar-refractivity contribution in [2.24, 2.45) is 23.7 Å². The largest absolute Gasteiger partial charge is 0.452 e. The lowest BCUT2D eigenvalue weighted by Gasteiger charge is -2.28. The molecule has 0 spiro atoms. The van der Waals surface area contributed by atoms with Crippen molar-refractivity contribution in [1.29, 1.82) is 0 Å². The molecule has 2 bridgehead atoms. The second kappa shape index (κ2) is 9.55. The highest BCUT2D eigenvalue weighted by Crippen LogP contribution is 2.59. The van der Waals surface area contributed by atoms with Gasteiger partial charge in [0, 0.05) is 5.56 Å². The number of hydrogen-bond acceptors (Lipinski definition) is 6. The Bertz CT molecular complexity index is 1220. The molecule has 0 aromatic heterocycles. The van der Waals surface area contributed by atoms with Crippen LogP contribution in [0.3, 0.4) is 0 Å². The first-order valence-corrected chi connectivity index (χ1v) is 12.2. The van der Waals surface area contributed by atoms with Gasteiger partial charge in [0.1, 0.15) is 0 Å². The van der Waals surface area contributed by atoms with Crippen molar-refractivity contribution in [2.75, 3.05) is 11.5 Å². The fourth-order valence-corrected chi connectivity index (χ4v) is 6.31. The molecule has 2 aromatic rings. The summed E-state index contributed by atoms with van der Waals surface area (Å²) in [5, 5.41) is -0.723. The Morgan fingerprint density at radius 1 is 0.861 bits per heavy atom. The third kappa shape index (κ3) is 4.12.